The van der Waals surface area contributed by atoms with E-state index in [1.807, 2.05) is 5.32 Å². The van der Waals surface area contributed by atoms with Crippen LogP contribution < -0.4 is 10.6 Å². The Morgan fingerprint density at radius 3 is 1.90 bits per heavy atom. The second kappa shape index (κ2) is 9.02. The summed E-state index contributed by atoms with van der Waals surface area (Å²) >= 11 is 1.20. The molecule has 5 N–H and O–H groups in total. The smallest absolute Gasteiger partial charge is 0.327 e. The molecule has 0 saturated carbocycles. The molecule has 9 nitrogen and oxygen atoms in total. The molecule has 2 atom stereocenters. The van der Waals surface area contributed by atoms with E-state index in [2.05, 4.69) is 5.32 Å². The van der Waals surface area contributed by atoms with Gasteiger partial charge in [-0.1, -0.05) is 0 Å². The third-order valence-electron chi connectivity index (χ3n) is 2.19. The molecule has 10 heteroatoms. The van der Waals surface area contributed by atoms with Gasteiger partial charge < -0.3 is 26.0 Å². The van der Waals surface area contributed by atoms with Crippen molar-refractivity contribution in [1.29, 1.82) is 0 Å². The summed E-state index contributed by atoms with van der Waals surface area (Å²) < 4.78 is 0. The molecule has 0 rings (SSSR count). The molecule has 0 aromatic carbocycles. The minimum atomic E-state index is -1.39. The number of thioether (sulfide) groups is 1. The summed E-state index contributed by atoms with van der Waals surface area (Å²) in [7, 11) is 0. The van der Waals surface area contributed by atoms with Gasteiger partial charge in [-0.05, 0) is 12.7 Å². The predicted octanol–water partition coefficient (Wildman–Crippen LogP) is -0.580. The number of carboxylic acid groups (broad SMARTS) is 3. The zero-order valence-electron chi connectivity index (χ0n) is 10.7. The number of carboxylic acids is 3. The third-order valence-corrected chi connectivity index (χ3v) is 2.85. The van der Waals surface area contributed by atoms with E-state index in [0.29, 0.717) is 0 Å². The van der Waals surface area contributed by atoms with Crippen molar-refractivity contribution in [3.8, 4) is 0 Å². The Bertz CT molecular complexity index is 388. The molecule has 0 aromatic heterocycles. The first-order valence-electron chi connectivity index (χ1n) is 5.51. The molecule has 0 radical (unpaired) electrons. The molecule has 0 saturated heterocycles. The van der Waals surface area contributed by atoms with Gasteiger partial charge in [0.2, 0.25) is 0 Å². The van der Waals surface area contributed by atoms with E-state index >= 15 is 0 Å². The molecule has 0 aliphatic heterocycles. The first kappa shape index (κ1) is 18.0. The van der Waals surface area contributed by atoms with Gasteiger partial charge in [0.25, 0.3) is 0 Å². The number of aliphatic carboxylic acids is 3. The summed E-state index contributed by atoms with van der Waals surface area (Å²) in [4.78, 5) is 43.5. The van der Waals surface area contributed by atoms with Gasteiger partial charge in [-0.3, -0.25) is 4.79 Å². The maximum Gasteiger partial charge on any atom is 0.327 e. The number of amides is 2. The van der Waals surface area contributed by atoms with Crippen molar-refractivity contribution in [2.24, 2.45) is 0 Å². The number of rotatable bonds is 9. The molecule has 0 aliphatic rings. The topological polar surface area (TPSA) is 153 Å². The lowest BCUT2D eigenvalue weighted by Crippen LogP contribution is -2.52. The molecule has 2 amide bonds. The van der Waals surface area contributed by atoms with E-state index in [9.17, 15) is 19.2 Å². The molecular formula is C10H16N2O7S. The van der Waals surface area contributed by atoms with Crippen molar-refractivity contribution in [2.75, 3.05) is 12.0 Å². The van der Waals surface area contributed by atoms with Gasteiger partial charge in [0.1, 0.15) is 12.1 Å². The van der Waals surface area contributed by atoms with Crippen LogP contribution in [0.2, 0.25) is 0 Å². The summed E-state index contributed by atoms with van der Waals surface area (Å²) in [6, 6.07) is -3.52. The summed E-state index contributed by atoms with van der Waals surface area (Å²) in [5.41, 5.74) is 0. The second-order valence-corrected chi connectivity index (χ2v) is 4.70. The molecule has 0 aliphatic carbocycles. The zero-order chi connectivity index (χ0) is 15.7. The van der Waals surface area contributed by atoms with Gasteiger partial charge >= 0.3 is 23.9 Å². The predicted molar refractivity (Wildman–Crippen MR) is 69.8 cm³/mol. The van der Waals surface area contributed by atoms with Gasteiger partial charge in [-0.2, -0.15) is 11.8 Å². The van der Waals surface area contributed by atoms with Crippen LogP contribution in [0.3, 0.4) is 0 Å². The van der Waals surface area contributed by atoms with Crippen molar-refractivity contribution < 1.29 is 34.5 Å². The van der Waals surface area contributed by atoms with Crippen LogP contribution in [-0.2, 0) is 14.4 Å². The molecule has 2 unspecified atom stereocenters. The molecule has 114 valence electrons. The Morgan fingerprint density at radius 2 is 1.50 bits per heavy atom. The Kier molecular flexibility index (Phi) is 8.13. The molecule has 0 spiro atoms. The highest BCUT2D eigenvalue weighted by Gasteiger charge is 2.24. The Labute approximate surface area is 118 Å². The first-order valence-corrected chi connectivity index (χ1v) is 6.90. The lowest BCUT2D eigenvalue weighted by Gasteiger charge is -2.17. The molecule has 0 aromatic rings. The largest absolute Gasteiger partial charge is 0.481 e. The van der Waals surface area contributed by atoms with Crippen LogP contribution >= 0.6 is 11.8 Å². The fourth-order valence-electron chi connectivity index (χ4n) is 1.22. The highest BCUT2D eigenvalue weighted by atomic mass is 32.2. The maximum absolute atomic E-state index is 11.5. The van der Waals surface area contributed by atoms with Gasteiger partial charge in [0.15, 0.2) is 0 Å². The van der Waals surface area contributed by atoms with Crippen molar-refractivity contribution in [1.82, 2.24) is 10.6 Å². The van der Waals surface area contributed by atoms with E-state index < -0.39 is 42.4 Å². The quantitative estimate of drug-likeness (QED) is 0.379. The lowest BCUT2D eigenvalue weighted by molar-refractivity contribution is -0.140. The lowest BCUT2D eigenvalue weighted by atomic mass is 10.1. The van der Waals surface area contributed by atoms with E-state index in [-0.39, 0.29) is 12.2 Å². The number of hydrogen-bond donors (Lipinski definition) is 5. The fraction of sp³-hybridized carbons (Fsp3) is 0.600. The second-order valence-electron chi connectivity index (χ2n) is 3.79. The highest BCUT2D eigenvalue weighted by molar-refractivity contribution is 7.98. The van der Waals surface area contributed by atoms with Crippen LogP contribution in [-0.4, -0.2) is 63.4 Å². The van der Waals surface area contributed by atoms with Crippen LogP contribution in [0.1, 0.15) is 12.8 Å². The van der Waals surface area contributed by atoms with Crippen LogP contribution in [0, 0.1) is 0 Å². The fourth-order valence-corrected chi connectivity index (χ4v) is 1.78. The Balaban J connectivity index is 4.47. The van der Waals surface area contributed by atoms with Crippen LogP contribution in [0.5, 0.6) is 0 Å². The van der Waals surface area contributed by atoms with Crippen molar-refractivity contribution >= 4 is 35.7 Å². The minimum absolute atomic E-state index is 0.121. The van der Waals surface area contributed by atoms with Crippen LogP contribution in [0.25, 0.3) is 0 Å². The SMILES string of the molecule is CSCC(NC(=O)NC(CCC(=O)O)C(=O)O)C(=O)O. The van der Waals surface area contributed by atoms with Gasteiger partial charge in [-0.15, -0.1) is 0 Å². The van der Waals surface area contributed by atoms with Crippen molar-refractivity contribution in [3.05, 3.63) is 0 Å². The van der Waals surface area contributed by atoms with E-state index in [1.54, 1.807) is 6.26 Å². The monoisotopic (exact) mass is 308 g/mol. The first-order chi connectivity index (χ1) is 9.27. The molecular weight excluding hydrogens is 292 g/mol. The van der Waals surface area contributed by atoms with E-state index in [1.165, 1.54) is 11.8 Å². The van der Waals surface area contributed by atoms with Crippen LogP contribution in [0.4, 0.5) is 4.79 Å². The van der Waals surface area contributed by atoms with Gasteiger partial charge in [0, 0.05) is 12.2 Å². The Morgan fingerprint density at radius 1 is 1.00 bits per heavy atom. The molecule has 0 heterocycles. The summed E-state index contributed by atoms with van der Waals surface area (Å²) in [5.74, 6) is -3.70. The molecule has 0 fully saturated rings. The highest BCUT2D eigenvalue weighted by Crippen LogP contribution is 2.00. The Hall–Kier alpha value is -1.97. The normalized spacial score (nSPS) is 13.1. The average molecular weight is 308 g/mol. The number of nitrogens with one attached hydrogen (secondary N) is 2. The van der Waals surface area contributed by atoms with Crippen molar-refractivity contribution in [3.63, 3.8) is 0 Å². The number of hydrogen-bond acceptors (Lipinski definition) is 5. The maximum atomic E-state index is 11.5. The summed E-state index contributed by atoms with van der Waals surface area (Å²) in [5, 5.41) is 30.3. The minimum Gasteiger partial charge on any atom is -0.481 e. The van der Waals surface area contributed by atoms with E-state index in [0.717, 1.165) is 0 Å². The average Bonchev–Trinajstić information content (AvgIpc) is 2.33. The van der Waals surface area contributed by atoms with Crippen LogP contribution in [0.15, 0.2) is 0 Å². The third kappa shape index (κ3) is 7.46. The number of carbonyl (C=O) groups excluding carboxylic acids is 1. The summed E-state index contributed by atoms with van der Waals surface area (Å²) in [6.45, 7) is 0. The molecule has 20 heavy (non-hydrogen) atoms. The number of carbonyl (C=O) groups is 4. The zero-order valence-corrected chi connectivity index (χ0v) is 11.5. The van der Waals surface area contributed by atoms with Gasteiger partial charge in [-0.25, -0.2) is 14.4 Å². The number of urea groups is 1. The summed E-state index contributed by atoms with van der Waals surface area (Å²) in [6.07, 6.45) is 0.936. The van der Waals surface area contributed by atoms with E-state index in [4.69, 9.17) is 15.3 Å². The van der Waals surface area contributed by atoms with Gasteiger partial charge in [0.05, 0.1) is 0 Å². The molecule has 0 bridgehead atoms. The van der Waals surface area contributed by atoms with Crippen molar-refractivity contribution in [2.45, 2.75) is 24.9 Å². The standard InChI is InChI=1S/C10H16N2O7S/c1-20-4-6(9(17)18)12-10(19)11-5(8(15)16)2-3-7(13)14/h5-6H,2-4H2,1H3,(H,13,14)(H,15,16)(H,17,18)(H2,11,12,19).